The van der Waals surface area contributed by atoms with Crippen molar-refractivity contribution in [1.29, 1.82) is 10.5 Å². The van der Waals surface area contributed by atoms with Crippen molar-refractivity contribution in [3.63, 3.8) is 0 Å². The molecular formula is C53H33F3N4. The van der Waals surface area contributed by atoms with E-state index in [0.717, 1.165) is 72.0 Å². The van der Waals surface area contributed by atoms with Crippen LogP contribution in [0.5, 0.6) is 0 Å². The zero-order valence-corrected chi connectivity index (χ0v) is 32.5. The van der Waals surface area contributed by atoms with E-state index in [0.29, 0.717) is 16.7 Å². The second kappa shape index (κ2) is 13.9. The first-order chi connectivity index (χ1) is 29.2. The maximum absolute atomic E-state index is 15.2. The summed E-state index contributed by atoms with van der Waals surface area (Å²) in [6.45, 7) is 4.11. The molecule has 10 rings (SSSR count). The normalized spacial score (nSPS) is 11.7. The Hall–Kier alpha value is -7.87. The van der Waals surface area contributed by atoms with Crippen molar-refractivity contribution in [1.82, 2.24) is 9.13 Å². The van der Waals surface area contributed by atoms with Gasteiger partial charge in [0.25, 0.3) is 0 Å². The Morgan fingerprint density at radius 3 is 1.53 bits per heavy atom. The molecule has 0 radical (unpaired) electrons. The van der Waals surface area contributed by atoms with E-state index in [4.69, 9.17) is 0 Å². The average molecular weight is 783 g/mol. The van der Waals surface area contributed by atoms with Crippen molar-refractivity contribution in [2.75, 3.05) is 0 Å². The predicted molar refractivity (Wildman–Crippen MR) is 235 cm³/mol. The number of rotatable bonds is 5. The molecule has 0 spiro atoms. The number of alkyl halides is 3. The van der Waals surface area contributed by atoms with Crippen LogP contribution in [0.4, 0.5) is 13.2 Å². The standard InChI is InChI=1S/C53H33F3N4/c1-32-12-3-5-15-37(32)34-22-24-41-39-17-7-9-20-46(39)59(49(41)28-34)48-27-26-43(51-36(30-57)14-11-19-45(51)53(54,55)56)52(44(48)31-58)60-47-21-10-8-18-40(47)42-25-23-35(29-50(42)60)38-16-6-4-13-33(38)2/h3-29H,1-2H3. The monoisotopic (exact) mass is 782 g/mol. The highest BCUT2D eigenvalue weighted by molar-refractivity contribution is 6.13. The smallest absolute Gasteiger partial charge is 0.308 e. The van der Waals surface area contributed by atoms with E-state index in [-0.39, 0.29) is 27.9 Å². The molecule has 2 heterocycles. The topological polar surface area (TPSA) is 57.4 Å². The molecule has 0 aliphatic carbocycles. The number of aromatic nitrogens is 2. The summed E-state index contributed by atoms with van der Waals surface area (Å²) in [5, 5.41) is 25.7. The van der Waals surface area contributed by atoms with Gasteiger partial charge in [0.15, 0.2) is 0 Å². The van der Waals surface area contributed by atoms with E-state index in [1.54, 1.807) is 12.1 Å². The Kier molecular flexibility index (Phi) is 8.45. The highest BCUT2D eigenvalue weighted by atomic mass is 19.4. The first-order valence-electron chi connectivity index (χ1n) is 19.5. The lowest BCUT2D eigenvalue weighted by atomic mass is 9.90. The summed E-state index contributed by atoms with van der Waals surface area (Å²) in [6, 6.07) is 55.9. The number of nitriles is 2. The number of para-hydroxylation sites is 2. The van der Waals surface area contributed by atoms with E-state index in [1.807, 2.05) is 119 Å². The van der Waals surface area contributed by atoms with Gasteiger partial charge in [-0.15, -0.1) is 0 Å². The Balaban J connectivity index is 1.39. The average Bonchev–Trinajstić information content (AvgIpc) is 3.77. The minimum absolute atomic E-state index is 0.116. The first-order valence-corrected chi connectivity index (χ1v) is 19.5. The lowest BCUT2D eigenvalue weighted by molar-refractivity contribution is -0.137. The predicted octanol–water partition coefficient (Wildman–Crippen LogP) is 14.3. The summed E-state index contributed by atoms with van der Waals surface area (Å²) in [5.74, 6) is 0. The van der Waals surface area contributed by atoms with E-state index in [1.165, 1.54) is 12.1 Å². The third-order valence-electron chi connectivity index (χ3n) is 11.8. The molecule has 2 aromatic heterocycles. The number of hydrogen-bond donors (Lipinski definition) is 0. The van der Waals surface area contributed by atoms with Gasteiger partial charge in [0, 0.05) is 32.7 Å². The Morgan fingerprint density at radius 2 is 0.983 bits per heavy atom. The van der Waals surface area contributed by atoms with E-state index in [2.05, 4.69) is 49.4 Å². The van der Waals surface area contributed by atoms with Crippen molar-refractivity contribution in [2.45, 2.75) is 20.0 Å². The Labute approximate surface area is 343 Å². The van der Waals surface area contributed by atoms with Crippen molar-refractivity contribution >= 4 is 43.6 Å². The SMILES string of the molecule is Cc1ccccc1-c1ccc2c3ccccc3n(-c3ccc(-c4c(C#N)cccc4C(F)(F)F)c(-n4c5ccccc5c5ccc(-c6ccccc6C)cc54)c3C#N)c2c1. The lowest BCUT2D eigenvalue weighted by Gasteiger charge is -2.22. The van der Waals surface area contributed by atoms with Crippen LogP contribution in [0.25, 0.3) is 88.4 Å². The Bertz CT molecular complexity index is 3480. The third kappa shape index (κ3) is 5.59. The quantitative estimate of drug-likeness (QED) is 0.175. The molecular weight excluding hydrogens is 750 g/mol. The van der Waals surface area contributed by atoms with Crippen molar-refractivity contribution in [3.05, 3.63) is 192 Å². The molecule has 0 saturated heterocycles. The molecule has 0 aliphatic heterocycles. The second-order valence-electron chi connectivity index (χ2n) is 15.1. The van der Waals surface area contributed by atoms with Gasteiger partial charge in [-0.25, -0.2) is 0 Å². The van der Waals surface area contributed by atoms with Crippen LogP contribution in [0.1, 0.15) is 27.8 Å². The van der Waals surface area contributed by atoms with Crippen LogP contribution >= 0.6 is 0 Å². The van der Waals surface area contributed by atoms with Crippen molar-refractivity contribution in [2.24, 2.45) is 0 Å². The summed E-state index contributed by atoms with van der Waals surface area (Å²) < 4.78 is 49.5. The van der Waals surface area contributed by atoms with Crippen LogP contribution in [0.3, 0.4) is 0 Å². The maximum atomic E-state index is 15.2. The van der Waals surface area contributed by atoms with Gasteiger partial charge in [0.2, 0.25) is 0 Å². The zero-order valence-electron chi connectivity index (χ0n) is 32.5. The van der Waals surface area contributed by atoms with Crippen LogP contribution in [0.15, 0.2) is 164 Å². The molecule has 10 aromatic rings. The van der Waals surface area contributed by atoms with Gasteiger partial charge in [0.1, 0.15) is 11.6 Å². The minimum atomic E-state index is -4.80. The highest BCUT2D eigenvalue weighted by Gasteiger charge is 2.36. The minimum Gasteiger partial charge on any atom is -0.308 e. The van der Waals surface area contributed by atoms with Gasteiger partial charge < -0.3 is 9.13 Å². The summed E-state index contributed by atoms with van der Waals surface area (Å²) in [5.41, 5.74) is 8.86. The summed E-state index contributed by atoms with van der Waals surface area (Å²) in [4.78, 5) is 0. The molecule has 0 N–H and O–H groups in total. The fraction of sp³-hybridized carbons (Fsp3) is 0.0566. The van der Waals surface area contributed by atoms with Gasteiger partial charge in [-0.1, -0.05) is 121 Å². The molecule has 0 atom stereocenters. The van der Waals surface area contributed by atoms with Gasteiger partial charge in [-0.2, -0.15) is 23.7 Å². The number of benzene rings is 8. The molecule has 8 aromatic carbocycles. The number of halogens is 3. The van der Waals surface area contributed by atoms with Crippen LogP contribution in [-0.4, -0.2) is 9.13 Å². The fourth-order valence-corrected chi connectivity index (χ4v) is 9.05. The zero-order chi connectivity index (χ0) is 41.3. The second-order valence-corrected chi connectivity index (χ2v) is 15.1. The Morgan fingerprint density at radius 1 is 0.467 bits per heavy atom. The molecule has 286 valence electrons. The van der Waals surface area contributed by atoms with Crippen molar-refractivity contribution in [3.8, 4) is 56.9 Å². The first kappa shape index (κ1) is 36.5. The molecule has 0 amide bonds. The molecule has 0 saturated carbocycles. The number of fused-ring (bicyclic) bond motifs is 6. The van der Waals surface area contributed by atoms with E-state index >= 15 is 13.2 Å². The number of aryl methyl sites for hydroxylation is 2. The summed E-state index contributed by atoms with van der Waals surface area (Å²) >= 11 is 0. The van der Waals surface area contributed by atoms with E-state index < -0.39 is 11.7 Å². The third-order valence-corrected chi connectivity index (χ3v) is 11.8. The van der Waals surface area contributed by atoms with Crippen LogP contribution in [0, 0.1) is 36.5 Å². The summed E-state index contributed by atoms with van der Waals surface area (Å²) in [6.07, 6.45) is -4.80. The van der Waals surface area contributed by atoms with Gasteiger partial charge in [0.05, 0.1) is 50.6 Å². The molecule has 0 fully saturated rings. The highest BCUT2D eigenvalue weighted by Crippen LogP contribution is 2.47. The molecule has 4 nitrogen and oxygen atoms in total. The van der Waals surface area contributed by atoms with Crippen LogP contribution in [0.2, 0.25) is 0 Å². The molecule has 7 heteroatoms. The fourth-order valence-electron chi connectivity index (χ4n) is 9.05. The molecule has 0 unspecified atom stereocenters. The molecule has 0 bridgehead atoms. The number of hydrogen-bond acceptors (Lipinski definition) is 2. The van der Waals surface area contributed by atoms with Gasteiger partial charge >= 0.3 is 6.18 Å². The largest absolute Gasteiger partial charge is 0.417 e. The molecule has 0 aliphatic rings. The maximum Gasteiger partial charge on any atom is 0.417 e. The van der Waals surface area contributed by atoms with Crippen molar-refractivity contribution < 1.29 is 13.2 Å². The van der Waals surface area contributed by atoms with Crippen LogP contribution < -0.4 is 0 Å². The van der Waals surface area contributed by atoms with Gasteiger partial charge in [-0.05, 0) is 89.7 Å². The van der Waals surface area contributed by atoms with E-state index in [9.17, 15) is 10.5 Å². The van der Waals surface area contributed by atoms with Gasteiger partial charge in [-0.3, -0.25) is 0 Å². The molecule has 60 heavy (non-hydrogen) atoms. The number of nitrogens with zero attached hydrogens (tertiary/aromatic N) is 4. The lowest BCUT2D eigenvalue weighted by Crippen LogP contribution is -2.11. The van der Waals surface area contributed by atoms with Crippen LogP contribution in [-0.2, 0) is 6.18 Å². The summed E-state index contributed by atoms with van der Waals surface area (Å²) in [7, 11) is 0.